The molecule has 0 spiro atoms. The first-order valence-corrected chi connectivity index (χ1v) is 8.95. The summed E-state index contributed by atoms with van der Waals surface area (Å²) in [6, 6.07) is 15.6. The van der Waals surface area contributed by atoms with Gasteiger partial charge in [0, 0.05) is 6.07 Å². The number of halogens is 4. The molecule has 31 heavy (non-hydrogen) atoms. The quantitative estimate of drug-likeness (QED) is 0.234. The minimum atomic E-state index is -4.94. The Hall–Kier alpha value is -3.94. The van der Waals surface area contributed by atoms with Crippen LogP contribution < -0.4 is 10.2 Å². The minimum Gasteiger partial charge on any atom is -0.450 e. The molecule has 3 aromatic carbocycles. The highest BCUT2D eigenvalue weighted by Gasteiger charge is 2.39. The molecule has 4 aromatic rings. The molecule has 0 aliphatic heterocycles. The molecule has 0 atom stereocenters. The van der Waals surface area contributed by atoms with Crippen molar-refractivity contribution in [3.8, 4) is 16.9 Å². The molecule has 1 heterocycles. The van der Waals surface area contributed by atoms with Gasteiger partial charge in [-0.25, -0.2) is 9.18 Å². The molecule has 0 saturated carbocycles. The van der Waals surface area contributed by atoms with E-state index in [4.69, 9.17) is 9.15 Å². The van der Waals surface area contributed by atoms with Gasteiger partial charge in [0.05, 0.1) is 16.5 Å². The molecule has 0 N–H and O–H groups in total. The molecule has 0 radical (unpaired) electrons. The van der Waals surface area contributed by atoms with Crippen molar-refractivity contribution in [1.29, 1.82) is 0 Å². The van der Waals surface area contributed by atoms with Crippen LogP contribution in [0, 0.1) is 5.82 Å². The van der Waals surface area contributed by atoms with E-state index in [0.717, 1.165) is 18.2 Å². The number of ether oxygens (including phenoxy) is 1. The fourth-order valence-electron chi connectivity index (χ4n) is 3.08. The molecule has 0 amide bonds. The van der Waals surface area contributed by atoms with E-state index in [2.05, 4.69) is 0 Å². The van der Waals surface area contributed by atoms with Crippen molar-refractivity contribution in [1.82, 2.24) is 0 Å². The first-order valence-electron chi connectivity index (χ1n) is 8.95. The van der Waals surface area contributed by atoms with Gasteiger partial charge in [0.1, 0.15) is 17.1 Å². The highest BCUT2D eigenvalue weighted by molar-refractivity contribution is 5.92. The number of benzene rings is 3. The van der Waals surface area contributed by atoms with Crippen LogP contribution in [0.5, 0.6) is 5.75 Å². The van der Waals surface area contributed by atoms with Gasteiger partial charge in [-0.1, -0.05) is 36.4 Å². The predicted octanol–water partition coefficient (Wildman–Crippen LogP) is 5.84. The van der Waals surface area contributed by atoms with Crippen molar-refractivity contribution in [3.63, 3.8) is 0 Å². The van der Waals surface area contributed by atoms with E-state index in [-0.39, 0.29) is 22.3 Å². The molecule has 0 aliphatic carbocycles. The van der Waals surface area contributed by atoms with E-state index in [9.17, 15) is 27.2 Å². The summed E-state index contributed by atoms with van der Waals surface area (Å²) in [7, 11) is 0. The molecule has 4 rings (SSSR count). The topological polar surface area (TPSA) is 56.5 Å². The standard InChI is InChI=1S/C23H12F4O4/c24-15-8-4-7-14(11-15)22(29)30-16-9-10-17-18(12-16)31-21(23(25,26)27)19(20(17)28)13-5-2-1-3-6-13/h1-12H. The zero-order valence-electron chi connectivity index (χ0n) is 15.6. The molecule has 0 saturated heterocycles. The van der Waals surface area contributed by atoms with E-state index in [1.807, 2.05) is 0 Å². The molecule has 156 valence electrons. The lowest BCUT2D eigenvalue weighted by Gasteiger charge is -2.13. The monoisotopic (exact) mass is 428 g/mol. The van der Waals surface area contributed by atoms with Crippen molar-refractivity contribution < 1.29 is 31.5 Å². The van der Waals surface area contributed by atoms with E-state index in [1.165, 1.54) is 48.5 Å². The van der Waals surface area contributed by atoms with Crippen molar-refractivity contribution in [3.05, 3.63) is 100 Å². The molecular formula is C23H12F4O4. The second kappa shape index (κ2) is 7.71. The summed E-state index contributed by atoms with van der Waals surface area (Å²) < 4.78 is 64.4. The molecule has 0 unspecified atom stereocenters. The van der Waals surface area contributed by atoms with Gasteiger partial charge in [-0.15, -0.1) is 0 Å². The Labute approximate surface area is 172 Å². The largest absolute Gasteiger partial charge is 0.450 e. The number of carbonyl (C=O) groups excluding carboxylic acids is 1. The third kappa shape index (κ3) is 4.05. The number of esters is 1. The Morgan fingerprint density at radius 2 is 1.65 bits per heavy atom. The van der Waals surface area contributed by atoms with Crippen molar-refractivity contribution in [2.75, 3.05) is 0 Å². The number of alkyl halides is 3. The molecular weight excluding hydrogens is 416 g/mol. The fourth-order valence-corrected chi connectivity index (χ4v) is 3.08. The third-order valence-electron chi connectivity index (χ3n) is 4.45. The van der Waals surface area contributed by atoms with Crippen LogP contribution in [0.4, 0.5) is 17.6 Å². The average molecular weight is 428 g/mol. The number of rotatable bonds is 3. The number of carbonyl (C=O) groups is 1. The highest BCUT2D eigenvalue weighted by atomic mass is 19.4. The summed E-state index contributed by atoms with van der Waals surface area (Å²) in [6.45, 7) is 0. The Balaban J connectivity index is 1.82. The normalized spacial score (nSPS) is 11.5. The summed E-state index contributed by atoms with van der Waals surface area (Å²) in [5.74, 6) is -3.18. The SMILES string of the molecule is O=C(Oc1ccc2c(=O)c(-c3ccccc3)c(C(F)(F)F)oc2c1)c1cccc(F)c1. The zero-order chi connectivity index (χ0) is 22.2. The fraction of sp³-hybridized carbons (Fsp3) is 0.0435. The van der Waals surface area contributed by atoms with Crippen LogP contribution in [0.2, 0.25) is 0 Å². The van der Waals surface area contributed by atoms with E-state index in [0.29, 0.717) is 0 Å². The second-order valence-corrected chi connectivity index (χ2v) is 6.56. The molecule has 0 aliphatic rings. The molecule has 0 fully saturated rings. The maximum atomic E-state index is 13.7. The van der Waals surface area contributed by atoms with Crippen LogP contribution >= 0.6 is 0 Å². The van der Waals surface area contributed by atoms with Gasteiger partial charge in [-0.05, 0) is 35.9 Å². The van der Waals surface area contributed by atoms with E-state index >= 15 is 0 Å². The van der Waals surface area contributed by atoms with Crippen LogP contribution in [-0.4, -0.2) is 5.97 Å². The molecule has 8 heteroatoms. The van der Waals surface area contributed by atoms with Gasteiger partial charge in [0.2, 0.25) is 11.2 Å². The van der Waals surface area contributed by atoms with Gasteiger partial charge in [-0.2, -0.15) is 13.2 Å². The van der Waals surface area contributed by atoms with Gasteiger partial charge in [-0.3, -0.25) is 4.79 Å². The number of fused-ring (bicyclic) bond motifs is 1. The predicted molar refractivity (Wildman–Crippen MR) is 104 cm³/mol. The van der Waals surface area contributed by atoms with Gasteiger partial charge >= 0.3 is 12.1 Å². The van der Waals surface area contributed by atoms with Crippen molar-refractivity contribution >= 4 is 16.9 Å². The Morgan fingerprint density at radius 3 is 2.32 bits per heavy atom. The maximum absolute atomic E-state index is 13.7. The summed E-state index contributed by atoms with van der Waals surface area (Å²) in [5.41, 5.74) is -1.90. The van der Waals surface area contributed by atoms with Crippen LogP contribution in [0.3, 0.4) is 0 Å². The summed E-state index contributed by atoms with van der Waals surface area (Å²) >= 11 is 0. The Bertz CT molecular complexity index is 1340. The Kier molecular flexibility index (Phi) is 5.06. The average Bonchev–Trinajstić information content (AvgIpc) is 2.73. The summed E-state index contributed by atoms with van der Waals surface area (Å²) in [5, 5.41) is -0.114. The first-order chi connectivity index (χ1) is 14.7. The zero-order valence-corrected chi connectivity index (χ0v) is 15.6. The van der Waals surface area contributed by atoms with Crippen LogP contribution in [-0.2, 0) is 6.18 Å². The number of hydrogen-bond acceptors (Lipinski definition) is 4. The van der Waals surface area contributed by atoms with Crippen LogP contribution in [0.15, 0.2) is 82.0 Å². The first kappa shape index (κ1) is 20.3. The van der Waals surface area contributed by atoms with Gasteiger partial charge in [0.25, 0.3) is 0 Å². The highest BCUT2D eigenvalue weighted by Crippen LogP contribution is 2.37. The molecule has 1 aromatic heterocycles. The van der Waals surface area contributed by atoms with E-state index in [1.54, 1.807) is 6.07 Å². The van der Waals surface area contributed by atoms with Crippen LogP contribution in [0.25, 0.3) is 22.1 Å². The molecule has 4 nitrogen and oxygen atoms in total. The summed E-state index contributed by atoms with van der Waals surface area (Å²) in [6.07, 6.45) is -4.94. The minimum absolute atomic E-state index is 0.0621. The van der Waals surface area contributed by atoms with E-state index < -0.39 is 40.3 Å². The summed E-state index contributed by atoms with van der Waals surface area (Å²) in [4.78, 5) is 25.1. The smallest absolute Gasteiger partial charge is 0.450 e. The van der Waals surface area contributed by atoms with Crippen molar-refractivity contribution in [2.24, 2.45) is 0 Å². The lowest BCUT2D eigenvalue weighted by atomic mass is 10.0. The number of hydrogen-bond donors (Lipinski definition) is 0. The molecule has 0 bridgehead atoms. The maximum Gasteiger partial charge on any atom is 0.450 e. The van der Waals surface area contributed by atoms with Crippen molar-refractivity contribution in [2.45, 2.75) is 6.18 Å². The second-order valence-electron chi connectivity index (χ2n) is 6.56. The van der Waals surface area contributed by atoms with Crippen LogP contribution in [0.1, 0.15) is 16.1 Å². The lowest BCUT2D eigenvalue weighted by molar-refractivity contribution is -0.152. The third-order valence-corrected chi connectivity index (χ3v) is 4.45. The Morgan fingerprint density at radius 1 is 0.903 bits per heavy atom. The van der Waals surface area contributed by atoms with Gasteiger partial charge in [0.15, 0.2) is 0 Å². The lowest BCUT2D eigenvalue weighted by Crippen LogP contribution is -2.16. The van der Waals surface area contributed by atoms with Gasteiger partial charge < -0.3 is 9.15 Å².